The average Bonchev–Trinajstić information content (AvgIpc) is 2.48. The Balaban J connectivity index is 2.84. The van der Waals surface area contributed by atoms with Gasteiger partial charge in [-0.05, 0) is 44.9 Å². The zero-order valence-electron chi connectivity index (χ0n) is 14.3. The van der Waals surface area contributed by atoms with E-state index in [0.717, 1.165) is 25.7 Å². The third-order valence-corrected chi connectivity index (χ3v) is 3.14. The Bertz CT molecular complexity index is 458. The second-order valence-corrected chi connectivity index (χ2v) is 5.69. The van der Waals surface area contributed by atoms with Gasteiger partial charge < -0.3 is 14.8 Å². The summed E-state index contributed by atoms with van der Waals surface area (Å²) < 4.78 is 11.6. The summed E-state index contributed by atoms with van der Waals surface area (Å²) in [5, 5.41) is 2.89. The van der Waals surface area contributed by atoms with Crippen molar-refractivity contribution in [1.29, 1.82) is 0 Å². The lowest BCUT2D eigenvalue weighted by Gasteiger charge is -2.15. The maximum absolute atomic E-state index is 12.1. The summed E-state index contributed by atoms with van der Waals surface area (Å²) in [6.45, 7) is 9.43. The van der Waals surface area contributed by atoms with Crippen molar-refractivity contribution in [3.8, 4) is 11.5 Å². The molecule has 4 heteroatoms. The number of unbranched alkanes of at least 4 members (excludes halogenated alkanes) is 2. The normalized spacial score (nSPS) is 10.6. The van der Waals surface area contributed by atoms with Crippen LogP contribution in [-0.2, 0) is 0 Å². The van der Waals surface area contributed by atoms with Crippen molar-refractivity contribution in [3.05, 3.63) is 23.8 Å². The molecule has 0 aliphatic heterocycles. The molecule has 0 bridgehead atoms. The SMILES string of the molecule is CCCCOc1ccc(C(=O)NC(C)C)cc1OCCCC. The maximum Gasteiger partial charge on any atom is 0.251 e. The summed E-state index contributed by atoms with van der Waals surface area (Å²) in [6.07, 6.45) is 4.14. The van der Waals surface area contributed by atoms with Crippen molar-refractivity contribution < 1.29 is 14.3 Å². The van der Waals surface area contributed by atoms with Gasteiger partial charge in [-0.2, -0.15) is 0 Å². The van der Waals surface area contributed by atoms with E-state index in [0.29, 0.717) is 30.3 Å². The highest BCUT2D eigenvalue weighted by atomic mass is 16.5. The van der Waals surface area contributed by atoms with Crippen molar-refractivity contribution in [2.24, 2.45) is 0 Å². The number of benzene rings is 1. The van der Waals surface area contributed by atoms with Crippen LogP contribution in [-0.4, -0.2) is 25.2 Å². The molecule has 0 atom stereocenters. The molecule has 4 nitrogen and oxygen atoms in total. The summed E-state index contributed by atoms with van der Waals surface area (Å²) in [4.78, 5) is 12.1. The van der Waals surface area contributed by atoms with Crippen LogP contribution >= 0.6 is 0 Å². The molecule has 0 saturated heterocycles. The van der Waals surface area contributed by atoms with Gasteiger partial charge >= 0.3 is 0 Å². The fraction of sp³-hybridized carbons (Fsp3) is 0.611. The van der Waals surface area contributed by atoms with Crippen LogP contribution in [0, 0.1) is 0 Å². The Morgan fingerprint density at radius 2 is 1.64 bits per heavy atom. The first kappa shape index (κ1) is 18.3. The maximum atomic E-state index is 12.1. The molecule has 1 rings (SSSR count). The molecular weight excluding hydrogens is 278 g/mol. The second kappa shape index (κ2) is 10.1. The number of hydrogen-bond donors (Lipinski definition) is 1. The number of nitrogens with one attached hydrogen (secondary N) is 1. The van der Waals surface area contributed by atoms with Gasteiger partial charge in [0.15, 0.2) is 11.5 Å². The number of carbonyl (C=O) groups excluding carboxylic acids is 1. The van der Waals surface area contributed by atoms with E-state index in [1.54, 1.807) is 12.1 Å². The summed E-state index contributed by atoms with van der Waals surface area (Å²) in [5.41, 5.74) is 0.600. The molecule has 0 aromatic heterocycles. The van der Waals surface area contributed by atoms with E-state index in [9.17, 15) is 4.79 Å². The van der Waals surface area contributed by atoms with Crippen molar-refractivity contribution in [3.63, 3.8) is 0 Å². The van der Waals surface area contributed by atoms with E-state index in [1.165, 1.54) is 0 Å². The summed E-state index contributed by atoms with van der Waals surface area (Å²) in [6, 6.07) is 5.49. The molecule has 0 unspecified atom stereocenters. The molecule has 1 aromatic carbocycles. The minimum atomic E-state index is -0.0875. The van der Waals surface area contributed by atoms with Gasteiger partial charge in [-0.25, -0.2) is 0 Å². The molecular formula is C18H29NO3. The molecule has 0 aliphatic carbocycles. The molecule has 22 heavy (non-hydrogen) atoms. The van der Waals surface area contributed by atoms with E-state index < -0.39 is 0 Å². The van der Waals surface area contributed by atoms with Crippen LogP contribution in [0.5, 0.6) is 11.5 Å². The fourth-order valence-corrected chi connectivity index (χ4v) is 1.88. The fourth-order valence-electron chi connectivity index (χ4n) is 1.88. The number of rotatable bonds is 10. The monoisotopic (exact) mass is 307 g/mol. The van der Waals surface area contributed by atoms with Crippen molar-refractivity contribution in [2.45, 2.75) is 59.4 Å². The second-order valence-electron chi connectivity index (χ2n) is 5.69. The van der Waals surface area contributed by atoms with Crippen LogP contribution in [0.3, 0.4) is 0 Å². The first-order valence-corrected chi connectivity index (χ1v) is 8.29. The molecule has 0 spiro atoms. The standard InChI is InChI=1S/C18H29NO3/c1-5-7-11-21-16-10-9-15(18(20)19-14(3)4)13-17(16)22-12-8-6-2/h9-10,13-14H,5-8,11-12H2,1-4H3,(H,19,20). The average molecular weight is 307 g/mol. The summed E-state index contributed by atoms with van der Waals surface area (Å²) in [7, 11) is 0. The first-order valence-electron chi connectivity index (χ1n) is 8.29. The highest BCUT2D eigenvalue weighted by Gasteiger charge is 2.12. The largest absolute Gasteiger partial charge is 0.490 e. The van der Waals surface area contributed by atoms with Crippen LogP contribution in [0.1, 0.15) is 63.7 Å². The molecule has 0 radical (unpaired) electrons. The van der Waals surface area contributed by atoms with Crippen LogP contribution < -0.4 is 14.8 Å². The predicted molar refractivity (Wildman–Crippen MR) is 89.9 cm³/mol. The Labute approximate surface area is 134 Å². The topological polar surface area (TPSA) is 47.6 Å². The summed E-state index contributed by atoms with van der Waals surface area (Å²) in [5.74, 6) is 1.28. The van der Waals surface area contributed by atoms with Gasteiger partial charge in [0.1, 0.15) is 0 Å². The third kappa shape index (κ3) is 6.37. The molecule has 0 saturated carbocycles. The molecule has 0 heterocycles. The molecule has 1 aromatic rings. The van der Waals surface area contributed by atoms with Gasteiger partial charge in [-0.1, -0.05) is 26.7 Å². The first-order chi connectivity index (χ1) is 10.6. The minimum absolute atomic E-state index is 0.0875. The lowest BCUT2D eigenvalue weighted by molar-refractivity contribution is 0.0942. The predicted octanol–water partition coefficient (Wildman–Crippen LogP) is 4.18. The van der Waals surface area contributed by atoms with Crippen molar-refractivity contribution in [1.82, 2.24) is 5.32 Å². The van der Waals surface area contributed by atoms with Crippen LogP contribution in [0.2, 0.25) is 0 Å². The lowest BCUT2D eigenvalue weighted by Crippen LogP contribution is -2.30. The van der Waals surface area contributed by atoms with Crippen molar-refractivity contribution >= 4 is 5.91 Å². The number of amides is 1. The zero-order chi connectivity index (χ0) is 16.4. The van der Waals surface area contributed by atoms with Gasteiger partial charge in [0.2, 0.25) is 0 Å². The highest BCUT2D eigenvalue weighted by molar-refractivity contribution is 5.95. The number of carbonyl (C=O) groups is 1. The summed E-state index contributed by atoms with van der Waals surface area (Å²) >= 11 is 0. The van der Waals surface area contributed by atoms with E-state index in [-0.39, 0.29) is 11.9 Å². The van der Waals surface area contributed by atoms with E-state index in [2.05, 4.69) is 19.2 Å². The quantitative estimate of drug-likeness (QED) is 0.660. The van der Waals surface area contributed by atoms with Crippen molar-refractivity contribution in [2.75, 3.05) is 13.2 Å². The third-order valence-electron chi connectivity index (χ3n) is 3.14. The minimum Gasteiger partial charge on any atom is -0.490 e. The Hall–Kier alpha value is -1.71. The zero-order valence-corrected chi connectivity index (χ0v) is 14.3. The van der Waals surface area contributed by atoms with Crippen LogP contribution in [0.25, 0.3) is 0 Å². The van der Waals surface area contributed by atoms with Gasteiger partial charge in [0.05, 0.1) is 13.2 Å². The molecule has 0 fully saturated rings. The smallest absolute Gasteiger partial charge is 0.251 e. The number of ether oxygens (including phenoxy) is 2. The van der Waals surface area contributed by atoms with Crippen LogP contribution in [0.15, 0.2) is 18.2 Å². The highest BCUT2D eigenvalue weighted by Crippen LogP contribution is 2.29. The van der Waals surface area contributed by atoms with Crippen LogP contribution in [0.4, 0.5) is 0 Å². The number of hydrogen-bond acceptors (Lipinski definition) is 3. The van der Waals surface area contributed by atoms with E-state index in [4.69, 9.17) is 9.47 Å². The molecule has 124 valence electrons. The Morgan fingerprint density at radius 3 is 2.18 bits per heavy atom. The molecule has 1 N–H and O–H groups in total. The van der Waals surface area contributed by atoms with E-state index in [1.807, 2.05) is 19.9 Å². The Morgan fingerprint density at radius 1 is 1.05 bits per heavy atom. The molecule has 1 amide bonds. The van der Waals surface area contributed by atoms with Gasteiger partial charge in [0.25, 0.3) is 5.91 Å². The molecule has 0 aliphatic rings. The lowest BCUT2D eigenvalue weighted by atomic mass is 10.1. The Kier molecular flexibility index (Phi) is 8.41. The van der Waals surface area contributed by atoms with Gasteiger partial charge in [-0.15, -0.1) is 0 Å². The van der Waals surface area contributed by atoms with Gasteiger partial charge in [-0.3, -0.25) is 4.79 Å². The van der Waals surface area contributed by atoms with Gasteiger partial charge in [0, 0.05) is 11.6 Å². The van der Waals surface area contributed by atoms with E-state index >= 15 is 0 Å².